The molecule has 1 heterocycles. The molecule has 1 amide bonds. The van der Waals surface area contributed by atoms with Crippen LogP contribution < -0.4 is 10.6 Å². The topological polar surface area (TPSA) is 54.0 Å². The predicted molar refractivity (Wildman–Crippen MR) is 87.0 cm³/mol. The van der Waals surface area contributed by atoms with Gasteiger partial charge in [0.15, 0.2) is 0 Å². The van der Waals surface area contributed by atoms with Gasteiger partial charge in [-0.1, -0.05) is 0 Å². The van der Waals surface area contributed by atoms with Gasteiger partial charge in [0.05, 0.1) is 16.8 Å². The summed E-state index contributed by atoms with van der Waals surface area (Å²) in [7, 11) is 0. The van der Waals surface area contributed by atoms with Gasteiger partial charge in [0, 0.05) is 23.6 Å². The SMILES string of the molecule is CC(C)(C)Nc1cncc(C(=O)Nc2ccc(C(F)(F)F)cc2)c1. The zero-order valence-corrected chi connectivity index (χ0v) is 13.5. The summed E-state index contributed by atoms with van der Waals surface area (Å²) in [6.07, 6.45) is -1.41. The average molecular weight is 337 g/mol. The van der Waals surface area contributed by atoms with Crippen molar-refractivity contribution in [1.29, 1.82) is 0 Å². The number of nitrogens with zero attached hydrogens (tertiary/aromatic N) is 1. The molecule has 0 atom stereocenters. The number of aromatic nitrogens is 1. The maximum Gasteiger partial charge on any atom is 0.416 e. The number of hydrogen-bond acceptors (Lipinski definition) is 3. The Morgan fingerprint density at radius 1 is 1.00 bits per heavy atom. The highest BCUT2D eigenvalue weighted by molar-refractivity contribution is 6.04. The Morgan fingerprint density at radius 3 is 2.17 bits per heavy atom. The molecule has 1 aromatic carbocycles. The first kappa shape index (κ1) is 17.8. The molecule has 0 spiro atoms. The lowest BCUT2D eigenvalue weighted by Gasteiger charge is -2.22. The zero-order valence-electron chi connectivity index (χ0n) is 13.5. The number of rotatable bonds is 3. The summed E-state index contributed by atoms with van der Waals surface area (Å²) in [4.78, 5) is 16.2. The van der Waals surface area contributed by atoms with Gasteiger partial charge in [-0.3, -0.25) is 9.78 Å². The normalized spacial score (nSPS) is 11.9. The molecule has 2 rings (SSSR count). The van der Waals surface area contributed by atoms with E-state index in [1.165, 1.54) is 18.3 Å². The van der Waals surface area contributed by atoms with E-state index in [1.54, 1.807) is 12.3 Å². The van der Waals surface area contributed by atoms with Gasteiger partial charge < -0.3 is 10.6 Å². The van der Waals surface area contributed by atoms with Crippen LogP contribution in [0.4, 0.5) is 24.5 Å². The minimum absolute atomic E-state index is 0.190. The summed E-state index contributed by atoms with van der Waals surface area (Å²) >= 11 is 0. The largest absolute Gasteiger partial charge is 0.416 e. The summed E-state index contributed by atoms with van der Waals surface area (Å²) in [5, 5.41) is 5.75. The molecule has 128 valence electrons. The van der Waals surface area contributed by atoms with E-state index in [9.17, 15) is 18.0 Å². The highest BCUT2D eigenvalue weighted by Crippen LogP contribution is 2.29. The molecule has 2 aromatic rings. The number of pyridine rings is 1. The number of benzene rings is 1. The molecule has 0 saturated carbocycles. The molecule has 0 radical (unpaired) electrons. The van der Waals surface area contributed by atoms with Crippen molar-refractivity contribution in [2.75, 3.05) is 10.6 Å². The summed E-state index contributed by atoms with van der Waals surface area (Å²) in [5.74, 6) is -0.445. The van der Waals surface area contributed by atoms with Gasteiger partial charge in [0.2, 0.25) is 0 Å². The summed E-state index contributed by atoms with van der Waals surface area (Å²) < 4.78 is 37.6. The number of halogens is 3. The maximum absolute atomic E-state index is 12.5. The van der Waals surface area contributed by atoms with Crippen molar-refractivity contribution in [3.8, 4) is 0 Å². The van der Waals surface area contributed by atoms with Crippen molar-refractivity contribution < 1.29 is 18.0 Å². The molecule has 2 N–H and O–H groups in total. The van der Waals surface area contributed by atoms with Crippen LogP contribution in [-0.4, -0.2) is 16.4 Å². The number of alkyl halides is 3. The van der Waals surface area contributed by atoms with Crippen LogP contribution in [-0.2, 0) is 6.18 Å². The Kier molecular flexibility index (Phi) is 4.82. The second kappa shape index (κ2) is 6.51. The predicted octanol–water partition coefficient (Wildman–Crippen LogP) is 4.56. The number of nitrogens with one attached hydrogen (secondary N) is 2. The minimum Gasteiger partial charge on any atom is -0.379 e. The fraction of sp³-hybridized carbons (Fsp3) is 0.294. The van der Waals surface area contributed by atoms with Crippen molar-refractivity contribution in [1.82, 2.24) is 4.98 Å². The van der Waals surface area contributed by atoms with Crippen LogP contribution >= 0.6 is 0 Å². The van der Waals surface area contributed by atoms with Gasteiger partial charge in [0.1, 0.15) is 0 Å². The Labute approximate surface area is 138 Å². The van der Waals surface area contributed by atoms with E-state index in [0.717, 1.165) is 12.1 Å². The van der Waals surface area contributed by atoms with Crippen LogP contribution in [0.15, 0.2) is 42.7 Å². The number of carbonyl (C=O) groups is 1. The van der Waals surface area contributed by atoms with Crippen molar-refractivity contribution in [3.05, 3.63) is 53.9 Å². The van der Waals surface area contributed by atoms with Crippen LogP contribution in [0.25, 0.3) is 0 Å². The third kappa shape index (κ3) is 4.97. The summed E-state index contributed by atoms with van der Waals surface area (Å²) in [6.45, 7) is 5.92. The van der Waals surface area contributed by atoms with E-state index in [-0.39, 0.29) is 11.2 Å². The Hall–Kier alpha value is -2.57. The molecule has 0 bridgehead atoms. The average Bonchev–Trinajstić information content (AvgIpc) is 2.45. The third-order valence-electron chi connectivity index (χ3n) is 2.99. The molecule has 1 aromatic heterocycles. The Balaban J connectivity index is 2.11. The maximum atomic E-state index is 12.5. The molecule has 4 nitrogen and oxygen atoms in total. The van der Waals surface area contributed by atoms with E-state index in [1.807, 2.05) is 20.8 Å². The summed E-state index contributed by atoms with van der Waals surface area (Å²) in [5.41, 5.74) is 0.317. The quantitative estimate of drug-likeness (QED) is 0.863. The van der Waals surface area contributed by atoms with Crippen molar-refractivity contribution in [2.45, 2.75) is 32.5 Å². The van der Waals surface area contributed by atoms with Gasteiger partial charge in [-0.05, 0) is 51.1 Å². The van der Waals surface area contributed by atoms with Gasteiger partial charge >= 0.3 is 6.18 Å². The number of anilines is 2. The second-order valence-corrected chi connectivity index (χ2v) is 6.37. The van der Waals surface area contributed by atoms with Crippen molar-refractivity contribution in [3.63, 3.8) is 0 Å². The molecule has 0 fully saturated rings. The van der Waals surface area contributed by atoms with E-state index in [4.69, 9.17) is 0 Å². The molecular formula is C17H18F3N3O. The number of carbonyl (C=O) groups excluding carboxylic acids is 1. The smallest absolute Gasteiger partial charge is 0.379 e. The first-order chi connectivity index (χ1) is 11.0. The lowest BCUT2D eigenvalue weighted by molar-refractivity contribution is -0.137. The van der Waals surface area contributed by atoms with E-state index in [0.29, 0.717) is 11.3 Å². The van der Waals surface area contributed by atoms with Crippen LogP contribution in [0.1, 0.15) is 36.7 Å². The number of hydrogen-bond donors (Lipinski definition) is 2. The van der Waals surface area contributed by atoms with Gasteiger partial charge in [-0.15, -0.1) is 0 Å². The fourth-order valence-electron chi connectivity index (χ4n) is 2.01. The van der Waals surface area contributed by atoms with Crippen LogP contribution in [0.5, 0.6) is 0 Å². The van der Waals surface area contributed by atoms with Crippen molar-refractivity contribution in [2.24, 2.45) is 0 Å². The molecule has 0 aliphatic heterocycles. The van der Waals surface area contributed by atoms with Gasteiger partial charge in [0.25, 0.3) is 5.91 Å². The molecule has 0 aliphatic carbocycles. The van der Waals surface area contributed by atoms with Crippen molar-refractivity contribution >= 4 is 17.3 Å². The fourth-order valence-corrected chi connectivity index (χ4v) is 2.01. The molecule has 7 heteroatoms. The lowest BCUT2D eigenvalue weighted by Crippen LogP contribution is -2.26. The molecule has 0 aliphatic rings. The monoisotopic (exact) mass is 337 g/mol. The number of amides is 1. The standard InChI is InChI=1S/C17H18F3N3O/c1-16(2,3)23-14-8-11(9-21-10-14)15(24)22-13-6-4-12(5-7-13)17(18,19)20/h4-10,23H,1-3H3,(H,22,24). The van der Waals surface area contributed by atoms with E-state index in [2.05, 4.69) is 15.6 Å². The van der Waals surface area contributed by atoms with E-state index < -0.39 is 17.6 Å². The molecule has 0 saturated heterocycles. The van der Waals surface area contributed by atoms with Crippen LogP contribution in [0.2, 0.25) is 0 Å². The second-order valence-electron chi connectivity index (χ2n) is 6.37. The minimum atomic E-state index is -4.40. The first-order valence-electron chi connectivity index (χ1n) is 7.26. The Morgan fingerprint density at radius 2 is 1.62 bits per heavy atom. The highest BCUT2D eigenvalue weighted by atomic mass is 19.4. The van der Waals surface area contributed by atoms with Gasteiger partial charge in [-0.2, -0.15) is 13.2 Å². The highest BCUT2D eigenvalue weighted by Gasteiger charge is 2.30. The van der Waals surface area contributed by atoms with Gasteiger partial charge in [-0.25, -0.2) is 0 Å². The molecular weight excluding hydrogens is 319 g/mol. The summed E-state index contributed by atoms with van der Waals surface area (Å²) in [6, 6.07) is 5.91. The van der Waals surface area contributed by atoms with Crippen LogP contribution in [0, 0.1) is 0 Å². The third-order valence-corrected chi connectivity index (χ3v) is 2.99. The van der Waals surface area contributed by atoms with E-state index >= 15 is 0 Å². The molecule has 0 unspecified atom stereocenters. The Bertz CT molecular complexity index is 719. The zero-order chi connectivity index (χ0) is 18.0. The van der Waals surface area contributed by atoms with Crippen LogP contribution in [0.3, 0.4) is 0 Å². The first-order valence-corrected chi connectivity index (χ1v) is 7.26. The molecule has 24 heavy (non-hydrogen) atoms. The lowest BCUT2D eigenvalue weighted by atomic mass is 10.1.